The zero-order chi connectivity index (χ0) is 19.2. The number of nitrogens with zero attached hydrogens (tertiary/aromatic N) is 4. The van der Waals surface area contributed by atoms with Crippen molar-refractivity contribution in [2.24, 2.45) is 0 Å². The van der Waals surface area contributed by atoms with Crippen molar-refractivity contribution in [1.82, 2.24) is 25.2 Å². The molecular weight excluding hydrogens is 352 g/mol. The molecule has 0 atom stereocenters. The van der Waals surface area contributed by atoms with Gasteiger partial charge in [0.05, 0.1) is 12.0 Å². The van der Waals surface area contributed by atoms with Crippen LogP contribution in [0.25, 0.3) is 5.69 Å². The molecule has 1 fully saturated rings. The molecule has 28 heavy (non-hydrogen) atoms. The van der Waals surface area contributed by atoms with Gasteiger partial charge >= 0.3 is 6.03 Å². The summed E-state index contributed by atoms with van der Waals surface area (Å²) in [5, 5.41) is 5.86. The maximum Gasteiger partial charge on any atom is 0.315 e. The molecule has 3 aromatic rings. The lowest BCUT2D eigenvalue weighted by Crippen LogP contribution is -2.34. The fraction of sp³-hybridized carbons (Fsp3) is 0.286. The lowest BCUT2D eigenvalue weighted by atomic mass is 10.1. The minimum absolute atomic E-state index is 0.194. The second-order valence-electron chi connectivity index (χ2n) is 6.85. The van der Waals surface area contributed by atoms with Crippen molar-refractivity contribution in [3.8, 4) is 5.69 Å². The van der Waals surface area contributed by atoms with E-state index in [0.29, 0.717) is 13.1 Å². The van der Waals surface area contributed by atoms with Crippen LogP contribution < -0.4 is 15.5 Å². The molecule has 4 rings (SSSR count). The summed E-state index contributed by atoms with van der Waals surface area (Å²) in [7, 11) is 0. The van der Waals surface area contributed by atoms with Crippen LogP contribution in [-0.2, 0) is 13.1 Å². The Kier molecular flexibility index (Phi) is 5.51. The number of hydrogen-bond donors (Lipinski definition) is 2. The zero-order valence-electron chi connectivity index (χ0n) is 15.7. The first kappa shape index (κ1) is 18.0. The molecule has 144 valence electrons. The van der Waals surface area contributed by atoms with Crippen molar-refractivity contribution in [2.45, 2.75) is 25.9 Å². The number of amides is 2. The SMILES string of the molecule is O=C(NCc1ccnc(N2CCCC2)c1)NCc1ccccc1-n1ccnc1. The Morgan fingerprint density at radius 3 is 2.68 bits per heavy atom. The number of benzene rings is 1. The number of aromatic nitrogens is 3. The van der Waals surface area contributed by atoms with E-state index in [4.69, 9.17) is 0 Å². The molecule has 2 aromatic heterocycles. The number of rotatable bonds is 6. The molecule has 0 saturated carbocycles. The summed E-state index contributed by atoms with van der Waals surface area (Å²) in [5.41, 5.74) is 3.08. The highest BCUT2D eigenvalue weighted by molar-refractivity contribution is 5.74. The number of carbonyl (C=O) groups is 1. The highest BCUT2D eigenvalue weighted by Gasteiger charge is 2.13. The van der Waals surface area contributed by atoms with Crippen LogP contribution in [0.3, 0.4) is 0 Å². The Hall–Kier alpha value is -3.35. The standard InChI is InChI=1S/C21H24N6O/c28-21(24-14-17-7-8-23-20(13-17)26-10-3-4-11-26)25-15-18-5-1-2-6-19(18)27-12-9-22-16-27/h1-2,5-9,12-13,16H,3-4,10-11,14-15H2,(H2,24,25,28). The largest absolute Gasteiger partial charge is 0.357 e. The van der Waals surface area contributed by atoms with Crippen LogP contribution >= 0.6 is 0 Å². The van der Waals surface area contributed by atoms with Gasteiger partial charge in [0.2, 0.25) is 0 Å². The summed E-state index contributed by atoms with van der Waals surface area (Å²) in [5.74, 6) is 0.992. The average Bonchev–Trinajstić information content (AvgIpc) is 3.45. The number of imidazole rings is 1. The average molecular weight is 376 g/mol. The molecule has 1 aromatic carbocycles. The summed E-state index contributed by atoms with van der Waals surface area (Å²) in [6, 6.07) is 11.7. The lowest BCUT2D eigenvalue weighted by molar-refractivity contribution is 0.240. The highest BCUT2D eigenvalue weighted by atomic mass is 16.2. The molecule has 0 unspecified atom stereocenters. The number of para-hydroxylation sites is 1. The molecule has 1 aliphatic heterocycles. The first-order valence-electron chi connectivity index (χ1n) is 9.57. The zero-order valence-corrected chi connectivity index (χ0v) is 15.7. The van der Waals surface area contributed by atoms with Crippen molar-refractivity contribution >= 4 is 11.8 Å². The van der Waals surface area contributed by atoms with E-state index in [0.717, 1.165) is 35.7 Å². The Bertz CT molecular complexity index is 918. The second-order valence-corrected chi connectivity index (χ2v) is 6.85. The first-order valence-corrected chi connectivity index (χ1v) is 9.57. The Balaban J connectivity index is 1.32. The Morgan fingerprint density at radius 1 is 1.04 bits per heavy atom. The third-order valence-electron chi connectivity index (χ3n) is 4.91. The molecule has 2 amide bonds. The highest BCUT2D eigenvalue weighted by Crippen LogP contribution is 2.18. The maximum absolute atomic E-state index is 12.3. The number of pyridine rings is 1. The number of carbonyl (C=O) groups excluding carboxylic acids is 1. The molecule has 7 heteroatoms. The minimum Gasteiger partial charge on any atom is -0.357 e. The summed E-state index contributed by atoms with van der Waals surface area (Å²) >= 11 is 0. The molecule has 7 nitrogen and oxygen atoms in total. The quantitative estimate of drug-likeness (QED) is 0.694. The summed E-state index contributed by atoms with van der Waals surface area (Å²) in [6.07, 6.45) is 9.62. The summed E-state index contributed by atoms with van der Waals surface area (Å²) in [6.45, 7) is 3.02. The van der Waals surface area contributed by atoms with Gasteiger partial charge in [-0.05, 0) is 42.2 Å². The molecule has 2 N–H and O–H groups in total. The van der Waals surface area contributed by atoms with Crippen molar-refractivity contribution in [3.05, 3.63) is 72.4 Å². The van der Waals surface area contributed by atoms with E-state index in [1.54, 1.807) is 12.5 Å². The van der Waals surface area contributed by atoms with E-state index in [-0.39, 0.29) is 6.03 Å². The number of nitrogens with one attached hydrogen (secondary N) is 2. The van der Waals surface area contributed by atoms with Gasteiger partial charge in [-0.3, -0.25) is 0 Å². The van der Waals surface area contributed by atoms with Crippen molar-refractivity contribution < 1.29 is 4.79 Å². The predicted octanol–water partition coefficient (Wildman–Crippen LogP) is 2.87. The van der Waals surface area contributed by atoms with E-state index in [1.165, 1.54) is 12.8 Å². The van der Waals surface area contributed by atoms with Gasteiger partial charge in [0.25, 0.3) is 0 Å². The van der Waals surface area contributed by atoms with Crippen molar-refractivity contribution in [2.75, 3.05) is 18.0 Å². The fourth-order valence-corrected chi connectivity index (χ4v) is 3.42. The van der Waals surface area contributed by atoms with E-state index >= 15 is 0 Å². The number of anilines is 1. The van der Waals surface area contributed by atoms with Gasteiger partial charge < -0.3 is 20.1 Å². The smallest absolute Gasteiger partial charge is 0.315 e. The maximum atomic E-state index is 12.3. The van der Waals surface area contributed by atoms with Crippen LogP contribution in [0.5, 0.6) is 0 Å². The Morgan fingerprint density at radius 2 is 1.86 bits per heavy atom. The molecule has 0 bridgehead atoms. The molecule has 3 heterocycles. The molecule has 0 aliphatic carbocycles. The van der Waals surface area contributed by atoms with Crippen LogP contribution in [0.1, 0.15) is 24.0 Å². The van der Waals surface area contributed by atoms with E-state index in [9.17, 15) is 4.79 Å². The molecule has 0 spiro atoms. The lowest BCUT2D eigenvalue weighted by Gasteiger charge is -2.17. The van der Waals surface area contributed by atoms with Gasteiger partial charge in [-0.15, -0.1) is 0 Å². The van der Waals surface area contributed by atoms with Crippen molar-refractivity contribution in [1.29, 1.82) is 0 Å². The van der Waals surface area contributed by atoms with Gasteiger partial charge in [0.15, 0.2) is 0 Å². The summed E-state index contributed by atoms with van der Waals surface area (Å²) in [4.78, 5) is 23.1. The van der Waals surface area contributed by atoms with Gasteiger partial charge in [-0.2, -0.15) is 0 Å². The Labute approximate surface area is 164 Å². The monoisotopic (exact) mass is 376 g/mol. The van der Waals surface area contributed by atoms with E-state index in [2.05, 4.69) is 31.6 Å². The number of urea groups is 1. The van der Waals surface area contributed by atoms with Crippen LogP contribution in [0.4, 0.5) is 10.6 Å². The van der Waals surface area contributed by atoms with E-state index < -0.39 is 0 Å². The minimum atomic E-state index is -0.194. The summed E-state index contributed by atoms with van der Waals surface area (Å²) < 4.78 is 1.94. The second kappa shape index (κ2) is 8.56. The van der Waals surface area contributed by atoms with Crippen molar-refractivity contribution in [3.63, 3.8) is 0 Å². The van der Waals surface area contributed by atoms with Gasteiger partial charge in [-0.1, -0.05) is 18.2 Å². The van der Waals surface area contributed by atoms with Crippen LogP contribution in [-0.4, -0.2) is 33.7 Å². The molecule has 1 saturated heterocycles. The van der Waals surface area contributed by atoms with Crippen LogP contribution in [0.15, 0.2) is 61.3 Å². The van der Waals surface area contributed by atoms with Crippen LogP contribution in [0, 0.1) is 0 Å². The molecule has 1 aliphatic rings. The molecular formula is C21H24N6O. The third kappa shape index (κ3) is 4.31. The van der Waals surface area contributed by atoms with Gasteiger partial charge in [0, 0.05) is 44.8 Å². The topological polar surface area (TPSA) is 75.1 Å². The number of hydrogen-bond acceptors (Lipinski definition) is 4. The van der Waals surface area contributed by atoms with Gasteiger partial charge in [0.1, 0.15) is 5.82 Å². The predicted molar refractivity (Wildman–Crippen MR) is 108 cm³/mol. The van der Waals surface area contributed by atoms with Gasteiger partial charge in [-0.25, -0.2) is 14.8 Å². The van der Waals surface area contributed by atoms with Crippen LogP contribution in [0.2, 0.25) is 0 Å². The third-order valence-corrected chi connectivity index (χ3v) is 4.91. The fourth-order valence-electron chi connectivity index (χ4n) is 3.42. The van der Waals surface area contributed by atoms with E-state index in [1.807, 2.05) is 47.3 Å². The normalized spacial score (nSPS) is 13.5. The first-order chi connectivity index (χ1) is 13.8. The molecule has 0 radical (unpaired) electrons.